The highest BCUT2D eigenvalue weighted by molar-refractivity contribution is 7.93. The van der Waals surface area contributed by atoms with Crippen molar-refractivity contribution >= 4 is 38.4 Å². The second-order valence-electron chi connectivity index (χ2n) is 4.58. The molecule has 0 radical (unpaired) electrons. The van der Waals surface area contributed by atoms with Crippen molar-refractivity contribution in [1.82, 2.24) is 15.6 Å². The van der Waals surface area contributed by atoms with Gasteiger partial charge in [0.1, 0.15) is 0 Å². The van der Waals surface area contributed by atoms with E-state index in [-0.39, 0.29) is 23.0 Å². The van der Waals surface area contributed by atoms with E-state index in [1.807, 2.05) is 0 Å². The Morgan fingerprint density at radius 2 is 1.96 bits per heavy atom. The molecule has 0 saturated carbocycles. The summed E-state index contributed by atoms with van der Waals surface area (Å²) in [5.41, 5.74) is 0. The first-order valence-electron chi connectivity index (χ1n) is 6.94. The van der Waals surface area contributed by atoms with Gasteiger partial charge in [0.15, 0.2) is 5.13 Å². The summed E-state index contributed by atoms with van der Waals surface area (Å²) in [6, 6.07) is 7.24. The number of imide groups is 1. The fraction of sp³-hybridized carbons (Fsp3) is 0.214. The van der Waals surface area contributed by atoms with Gasteiger partial charge in [-0.1, -0.05) is 18.2 Å². The van der Waals surface area contributed by atoms with Crippen molar-refractivity contribution in [2.75, 3.05) is 17.9 Å². The maximum Gasteiger partial charge on any atom is 0.321 e. The first-order valence-corrected chi connectivity index (χ1v) is 9.26. The molecule has 0 bridgehead atoms. The Kier molecular flexibility index (Phi) is 5.88. The quantitative estimate of drug-likeness (QED) is 0.796. The van der Waals surface area contributed by atoms with Crippen LogP contribution in [0.3, 0.4) is 0 Å². The van der Waals surface area contributed by atoms with E-state index in [1.54, 1.807) is 23.6 Å². The molecule has 3 amide bonds. The number of benzene rings is 1. The number of urea groups is 1. The summed E-state index contributed by atoms with van der Waals surface area (Å²) in [6.07, 6.45) is 1.30. The molecule has 0 atom stereocenters. The van der Waals surface area contributed by atoms with Crippen LogP contribution in [0.25, 0.3) is 0 Å². The predicted octanol–water partition coefficient (Wildman–Crippen LogP) is 1.18. The summed E-state index contributed by atoms with van der Waals surface area (Å²) >= 11 is 1.15. The average Bonchev–Trinajstić information content (AvgIpc) is 3.09. The Hall–Kier alpha value is -2.46. The van der Waals surface area contributed by atoms with E-state index < -0.39 is 22.0 Å². The molecule has 0 saturated heterocycles. The van der Waals surface area contributed by atoms with Crippen LogP contribution in [0.1, 0.15) is 6.42 Å². The monoisotopic (exact) mass is 368 g/mol. The number of nitrogens with one attached hydrogen (secondary N) is 2. The molecule has 0 aliphatic rings. The van der Waals surface area contributed by atoms with Gasteiger partial charge in [0.05, 0.1) is 4.90 Å². The largest absolute Gasteiger partial charge is 0.341 e. The number of sulfonamides is 1. The molecule has 24 heavy (non-hydrogen) atoms. The molecule has 128 valence electrons. The molecule has 1 aromatic carbocycles. The van der Waals surface area contributed by atoms with E-state index in [4.69, 9.17) is 0 Å². The number of nitrogens with zero attached hydrogens (tertiary/aromatic N) is 2. The predicted molar refractivity (Wildman–Crippen MR) is 90.3 cm³/mol. The molecule has 0 aliphatic carbocycles. The van der Waals surface area contributed by atoms with Crippen molar-refractivity contribution in [2.24, 2.45) is 0 Å². The van der Waals surface area contributed by atoms with E-state index in [9.17, 15) is 18.0 Å². The maximum absolute atomic E-state index is 12.8. The first kappa shape index (κ1) is 17.9. The van der Waals surface area contributed by atoms with Gasteiger partial charge in [-0.3, -0.25) is 10.1 Å². The van der Waals surface area contributed by atoms with Crippen LogP contribution >= 0.6 is 11.3 Å². The third kappa shape index (κ3) is 4.30. The number of aromatic nitrogens is 1. The molecule has 1 aromatic heterocycles. The minimum atomic E-state index is -3.85. The summed E-state index contributed by atoms with van der Waals surface area (Å²) in [7, 11) is -2.47. The van der Waals surface area contributed by atoms with Gasteiger partial charge in [0.25, 0.3) is 10.0 Å². The molecular weight excluding hydrogens is 352 g/mol. The number of thiazole rings is 1. The van der Waals surface area contributed by atoms with E-state index >= 15 is 0 Å². The Labute approximate surface area is 143 Å². The van der Waals surface area contributed by atoms with Crippen molar-refractivity contribution in [3.8, 4) is 0 Å². The van der Waals surface area contributed by atoms with Gasteiger partial charge in [0, 0.05) is 31.6 Å². The average molecular weight is 368 g/mol. The van der Waals surface area contributed by atoms with Crippen LogP contribution in [0.15, 0.2) is 46.8 Å². The summed E-state index contributed by atoms with van der Waals surface area (Å²) in [5, 5.41) is 6.25. The van der Waals surface area contributed by atoms with Crippen molar-refractivity contribution in [1.29, 1.82) is 0 Å². The Morgan fingerprint density at radius 3 is 2.54 bits per heavy atom. The molecule has 0 spiro atoms. The van der Waals surface area contributed by atoms with Gasteiger partial charge in [-0.2, -0.15) is 0 Å². The smallest absolute Gasteiger partial charge is 0.321 e. The summed E-state index contributed by atoms with van der Waals surface area (Å²) in [6.45, 7) is -0.131. The minimum Gasteiger partial charge on any atom is -0.341 e. The second kappa shape index (κ2) is 7.88. The first-order chi connectivity index (χ1) is 11.4. The molecule has 1 heterocycles. The number of anilines is 1. The minimum absolute atomic E-state index is 0.104. The second-order valence-corrected chi connectivity index (χ2v) is 7.32. The Balaban J connectivity index is 2.21. The maximum atomic E-state index is 12.8. The zero-order chi connectivity index (χ0) is 17.6. The van der Waals surface area contributed by atoms with Gasteiger partial charge in [0.2, 0.25) is 5.91 Å². The van der Waals surface area contributed by atoms with E-state index in [0.717, 1.165) is 15.6 Å². The van der Waals surface area contributed by atoms with Gasteiger partial charge in [-0.15, -0.1) is 11.3 Å². The van der Waals surface area contributed by atoms with Crippen molar-refractivity contribution in [3.63, 3.8) is 0 Å². The highest BCUT2D eigenvalue weighted by atomic mass is 32.2. The molecule has 10 heteroatoms. The van der Waals surface area contributed by atoms with Gasteiger partial charge in [-0.05, 0) is 12.1 Å². The highest BCUT2D eigenvalue weighted by Crippen LogP contribution is 2.25. The van der Waals surface area contributed by atoms with Crippen LogP contribution < -0.4 is 14.9 Å². The topological polar surface area (TPSA) is 108 Å². The normalized spacial score (nSPS) is 10.9. The molecular formula is C14H16N4O4S2. The lowest BCUT2D eigenvalue weighted by Crippen LogP contribution is -2.40. The third-order valence-electron chi connectivity index (χ3n) is 2.99. The fourth-order valence-electron chi connectivity index (χ4n) is 1.83. The number of carbonyl (C=O) groups excluding carboxylic acids is 2. The summed E-state index contributed by atoms with van der Waals surface area (Å²) < 4.78 is 26.7. The molecule has 8 nitrogen and oxygen atoms in total. The zero-order valence-electron chi connectivity index (χ0n) is 12.8. The molecule has 2 N–H and O–H groups in total. The fourth-order valence-corrected chi connectivity index (χ4v) is 4.17. The van der Waals surface area contributed by atoms with Gasteiger partial charge >= 0.3 is 6.03 Å². The lowest BCUT2D eigenvalue weighted by Gasteiger charge is -2.21. The molecule has 0 fully saturated rings. The summed E-state index contributed by atoms with van der Waals surface area (Å²) in [5.74, 6) is -0.584. The standard InChI is InChI=1S/C14H16N4O4S2/c1-15-13(20)17-12(19)7-9-18(14-16-8-10-23-14)24(21,22)11-5-3-2-4-6-11/h2-6,8,10H,7,9H2,1H3,(H2,15,17,19,20). The van der Waals surface area contributed by atoms with Crippen LogP contribution in [0.2, 0.25) is 0 Å². The Bertz CT molecular complexity index is 791. The van der Waals surface area contributed by atoms with E-state index in [0.29, 0.717) is 0 Å². The van der Waals surface area contributed by atoms with Gasteiger partial charge < -0.3 is 5.32 Å². The summed E-state index contributed by atoms with van der Waals surface area (Å²) in [4.78, 5) is 27.0. The highest BCUT2D eigenvalue weighted by Gasteiger charge is 2.27. The third-order valence-corrected chi connectivity index (χ3v) is 5.70. The number of hydrogen-bond acceptors (Lipinski definition) is 6. The number of amides is 3. The van der Waals surface area contributed by atoms with Crippen LogP contribution in [0, 0.1) is 0 Å². The molecule has 0 aliphatic heterocycles. The van der Waals surface area contributed by atoms with Crippen LogP contribution in [0.4, 0.5) is 9.93 Å². The number of rotatable bonds is 6. The van der Waals surface area contributed by atoms with Crippen LogP contribution in [-0.2, 0) is 14.8 Å². The zero-order valence-corrected chi connectivity index (χ0v) is 14.4. The van der Waals surface area contributed by atoms with E-state index in [1.165, 1.54) is 25.4 Å². The van der Waals surface area contributed by atoms with Crippen LogP contribution in [-0.4, -0.2) is 38.9 Å². The SMILES string of the molecule is CNC(=O)NC(=O)CCN(c1nccs1)S(=O)(=O)c1ccccc1. The number of carbonyl (C=O) groups is 2. The lowest BCUT2D eigenvalue weighted by atomic mass is 10.4. The Morgan fingerprint density at radius 1 is 1.25 bits per heavy atom. The molecule has 0 unspecified atom stereocenters. The molecule has 2 rings (SSSR count). The number of hydrogen-bond donors (Lipinski definition) is 2. The van der Waals surface area contributed by atoms with Crippen molar-refractivity contribution in [3.05, 3.63) is 41.9 Å². The lowest BCUT2D eigenvalue weighted by molar-refractivity contribution is -0.119. The van der Waals surface area contributed by atoms with Crippen LogP contribution in [0.5, 0.6) is 0 Å². The van der Waals surface area contributed by atoms with Crippen molar-refractivity contribution in [2.45, 2.75) is 11.3 Å². The van der Waals surface area contributed by atoms with Crippen molar-refractivity contribution < 1.29 is 18.0 Å². The molecule has 2 aromatic rings. The van der Waals surface area contributed by atoms with Gasteiger partial charge in [-0.25, -0.2) is 22.5 Å². The van der Waals surface area contributed by atoms with E-state index in [2.05, 4.69) is 15.6 Å².